The first kappa shape index (κ1) is 12.7. The first-order valence-electron chi connectivity index (χ1n) is 5.91. The number of methoxy groups -OCH3 is 1. The SMILES string of the molecule is COCCN(c1c(Cl)cccc1CO)C1CC1. The third kappa shape index (κ3) is 2.92. The summed E-state index contributed by atoms with van der Waals surface area (Å²) in [7, 11) is 1.70. The lowest BCUT2D eigenvalue weighted by Crippen LogP contribution is -2.30. The van der Waals surface area contributed by atoms with Gasteiger partial charge in [0.2, 0.25) is 0 Å². The fourth-order valence-electron chi connectivity index (χ4n) is 2.06. The molecular formula is C13H18ClNO2. The first-order chi connectivity index (χ1) is 8.27. The first-order valence-corrected chi connectivity index (χ1v) is 6.29. The summed E-state index contributed by atoms with van der Waals surface area (Å²) in [5.74, 6) is 0. The molecule has 1 saturated carbocycles. The Hall–Kier alpha value is -0.770. The van der Waals surface area contributed by atoms with E-state index in [4.69, 9.17) is 16.3 Å². The Kier molecular flexibility index (Phi) is 4.26. The maximum Gasteiger partial charge on any atom is 0.0702 e. The molecule has 0 aromatic heterocycles. The molecule has 4 heteroatoms. The predicted octanol–water partition coefficient (Wildman–Crippen LogP) is 2.45. The second-order valence-electron chi connectivity index (χ2n) is 4.32. The number of rotatable bonds is 6. The summed E-state index contributed by atoms with van der Waals surface area (Å²) in [5.41, 5.74) is 1.86. The molecule has 1 aromatic carbocycles. The normalized spacial score (nSPS) is 15.0. The van der Waals surface area contributed by atoms with Crippen LogP contribution in [0, 0.1) is 0 Å². The molecule has 0 saturated heterocycles. The van der Waals surface area contributed by atoms with Crippen molar-refractivity contribution in [2.24, 2.45) is 0 Å². The van der Waals surface area contributed by atoms with Crippen LogP contribution < -0.4 is 4.90 Å². The molecule has 1 N–H and O–H groups in total. The Balaban J connectivity index is 2.27. The van der Waals surface area contributed by atoms with Crippen LogP contribution in [0.3, 0.4) is 0 Å². The van der Waals surface area contributed by atoms with Crippen LogP contribution in [0.2, 0.25) is 5.02 Å². The van der Waals surface area contributed by atoms with Crippen LogP contribution in [-0.4, -0.2) is 31.4 Å². The number of aliphatic hydroxyl groups is 1. The van der Waals surface area contributed by atoms with Crippen LogP contribution in [-0.2, 0) is 11.3 Å². The number of aliphatic hydroxyl groups excluding tert-OH is 1. The summed E-state index contributed by atoms with van der Waals surface area (Å²) in [6.45, 7) is 1.51. The van der Waals surface area contributed by atoms with Gasteiger partial charge in [0.25, 0.3) is 0 Å². The number of hydrogen-bond acceptors (Lipinski definition) is 3. The summed E-state index contributed by atoms with van der Waals surface area (Å²) in [5, 5.41) is 10.1. The third-order valence-electron chi connectivity index (χ3n) is 3.05. The average Bonchev–Trinajstić information content (AvgIpc) is 3.15. The van der Waals surface area contributed by atoms with Crippen molar-refractivity contribution in [1.82, 2.24) is 0 Å². The Morgan fingerprint density at radius 3 is 2.82 bits per heavy atom. The maximum atomic E-state index is 9.40. The highest BCUT2D eigenvalue weighted by Gasteiger charge is 2.31. The number of para-hydroxylation sites is 1. The van der Waals surface area contributed by atoms with Gasteiger partial charge in [-0.3, -0.25) is 0 Å². The zero-order valence-corrected chi connectivity index (χ0v) is 10.8. The van der Waals surface area contributed by atoms with Crippen molar-refractivity contribution in [2.75, 3.05) is 25.2 Å². The van der Waals surface area contributed by atoms with Crippen molar-refractivity contribution in [3.63, 3.8) is 0 Å². The molecule has 94 valence electrons. The van der Waals surface area contributed by atoms with Crippen LogP contribution >= 0.6 is 11.6 Å². The minimum atomic E-state index is 0.0199. The number of benzene rings is 1. The lowest BCUT2D eigenvalue weighted by atomic mass is 10.1. The van der Waals surface area contributed by atoms with Crippen molar-refractivity contribution in [3.8, 4) is 0 Å². The standard InChI is InChI=1S/C13H18ClNO2/c1-17-8-7-15(11-5-6-11)13-10(9-16)3-2-4-12(13)14/h2-4,11,16H,5-9H2,1H3. The monoisotopic (exact) mass is 255 g/mol. The molecule has 0 spiro atoms. The van der Waals surface area contributed by atoms with E-state index in [9.17, 15) is 5.11 Å². The van der Waals surface area contributed by atoms with Gasteiger partial charge in [-0.1, -0.05) is 23.7 Å². The van der Waals surface area contributed by atoms with E-state index in [2.05, 4.69) is 4.90 Å². The molecule has 0 aliphatic heterocycles. The van der Waals surface area contributed by atoms with Crippen molar-refractivity contribution in [3.05, 3.63) is 28.8 Å². The Morgan fingerprint density at radius 2 is 2.24 bits per heavy atom. The van der Waals surface area contributed by atoms with E-state index in [1.54, 1.807) is 7.11 Å². The molecule has 0 radical (unpaired) electrons. The predicted molar refractivity (Wildman–Crippen MR) is 69.6 cm³/mol. The minimum absolute atomic E-state index is 0.0199. The topological polar surface area (TPSA) is 32.7 Å². The van der Waals surface area contributed by atoms with Crippen molar-refractivity contribution in [1.29, 1.82) is 0 Å². The summed E-state index contributed by atoms with van der Waals surface area (Å²) >= 11 is 6.26. The van der Waals surface area contributed by atoms with Crippen LogP contribution in [0.5, 0.6) is 0 Å². The molecule has 0 amide bonds. The summed E-state index contributed by atoms with van der Waals surface area (Å²) in [4.78, 5) is 2.26. The number of ether oxygens (including phenoxy) is 1. The lowest BCUT2D eigenvalue weighted by Gasteiger charge is -2.27. The van der Waals surface area contributed by atoms with E-state index in [0.29, 0.717) is 17.7 Å². The van der Waals surface area contributed by atoms with E-state index in [1.165, 1.54) is 12.8 Å². The Bertz CT molecular complexity index is 380. The fraction of sp³-hybridized carbons (Fsp3) is 0.538. The smallest absolute Gasteiger partial charge is 0.0702 e. The van der Waals surface area contributed by atoms with Crippen molar-refractivity contribution in [2.45, 2.75) is 25.5 Å². The van der Waals surface area contributed by atoms with Gasteiger partial charge in [0.1, 0.15) is 0 Å². The van der Waals surface area contributed by atoms with Crippen LogP contribution in [0.25, 0.3) is 0 Å². The molecule has 1 fully saturated rings. The van der Waals surface area contributed by atoms with Gasteiger partial charge in [-0.2, -0.15) is 0 Å². The molecule has 1 aromatic rings. The summed E-state index contributed by atoms with van der Waals surface area (Å²) in [6, 6.07) is 6.22. The molecule has 0 unspecified atom stereocenters. The zero-order chi connectivity index (χ0) is 12.3. The molecule has 3 nitrogen and oxygen atoms in total. The zero-order valence-electron chi connectivity index (χ0n) is 10.0. The van der Waals surface area contributed by atoms with E-state index in [0.717, 1.165) is 17.8 Å². The minimum Gasteiger partial charge on any atom is -0.392 e. The van der Waals surface area contributed by atoms with E-state index >= 15 is 0 Å². The second kappa shape index (κ2) is 5.71. The van der Waals surface area contributed by atoms with E-state index in [1.807, 2.05) is 18.2 Å². The molecule has 17 heavy (non-hydrogen) atoms. The average molecular weight is 256 g/mol. The molecule has 1 aliphatic rings. The van der Waals surface area contributed by atoms with Gasteiger partial charge in [0.05, 0.1) is 23.9 Å². The summed E-state index contributed by atoms with van der Waals surface area (Å²) in [6.07, 6.45) is 2.39. The van der Waals surface area contributed by atoms with Gasteiger partial charge in [-0.25, -0.2) is 0 Å². The number of anilines is 1. The van der Waals surface area contributed by atoms with Gasteiger partial charge in [0.15, 0.2) is 0 Å². The molecule has 0 bridgehead atoms. The third-order valence-corrected chi connectivity index (χ3v) is 3.36. The number of nitrogens with zero attached hydrogens (tertiary/aromatic N) is 1. The van der Waals surface area contributed by atoms with Crippen LogP contribution in [0.15, 0.2) is 18.2 Å². The molecule has 2 rings (SSSR count). The molecule has 1 aliphatic carbocycles. The van der Waals surface area contributed by atoms with Crippen molar-refractivity contribution >= 4 is 17.3 Å². The highest BCUT2D eigenvalue weighted by atomic mass is 35.5. The number of halogens is 1. The van der Waals surface area contributed by atoms with Crippen LogP contribution in [0.1, 0.15) is 18.4 Å². The van der Waals surface area contributed by atoms with Gasteiger partial charge in [-0.05, 0) is 18.9 Å². The molecule has 0 atom stereocenters. The van der Waals surface area contributed by atoms with Gasteiger partial charge in [-0.15, -0.1) is 0 Å². The van der Waals surface area contributed by atoms with Crippen molar-refractivity contribution < 1.29 is 9.84 Å². The van der Waals surface area contributed by atoms with Gasteiger partial charge < -0.3 is 14.7 Å². The van der Waals surface area contributed by atoms with Crippen LogP contribution in [0.4, 0.5) is 5.69 Å². The highest BCUT2D eigenvalue weighted by molar-refractivity contribution is 6.33. The largest absolute Gasteiger partial charge is 0.392 e. The second-order valence-corrected chi connectivity index (χ2v) is 4.73. The van der Waals surface area contributed by atoms with E-state index in [-0.39, 0.29) is 6.61 Å². The van der Waals surface area contributed by atoms with Gasteiger partial charge >= 0.3 is 0 Å². The van der Waals surface area contributed by atoms with Gasteiger partial charge in [0, 0.05) is 25.3 Å². The maximum absolute atomic E-state index is 9.40. The Labute approximate surface area is 107 Å². The summed E-state index contributed by atoms with van der Waals surface area (Å²) < 4.78 is 5.14. The Morgan fingerprint density at radius 1 is 1.47 bits per heavy atom. The molecular weight excluding hydrogens is 238 g/mol. The number of hydrogen-bond donors (Lipinski definition) is 1. The lowest BCUT2D eigenvalue weighted by molar-refractivity contribution is 0.204. The molecule has 0 heterocycles. The highest BCUT2D eigenvalue weighted by Crippen LogP contribution is 2.37. The van der Waals surface area contributed by atoms with E-state index < -0.39 is 0 Å². The quantitative estimate of drug-likeness (QED) is 0.848. The fourth-order valence-corrected chi connectivity index (χ4v) is 2.36.